The number of aliphatic hydroxyl groups excluding tert-OH is 1. The normalized spacial score (nSPS) is 22.4. The SMILES string of the molecule is CCCCN1C(=O)[C@@H]([C@H](O)C2CCOCC2)NC(=O)C12CCN(Cc1ccc(Oc3ccccc3)cc1)CC2.Cl. The molecule has 2 aromatic rings. The largest absolute Gasteiger partial charge is 0.457 e. The van der Waals surface area contributed by atoms with Crippen LogP contribution in [0.4, 0.5) is 0 Å². The molecule has 0 aliphatic carbocycles. The zero-order chi connectivity index (χ0) is 27.2. The Morgan fingerprint density at radius 1 is 1.02 bits per heavy atom. The maximum atomic E-state index is 13.8. The number of aliphatic hydroxyl groups is 1. The molecule has 2 aromatic carbocycles. The molecule has 1 spiro atoms. The number of likely N-dealkylation sites (tertiary alicyclic amines) is 1. The van der Waals surface area contributed by atoms with Crippen LogP contribution >= 0.6 is 12.4 Å². The van der Waals surface area contributed by atoms with Crippen LogP contribution in [-0.2, 0) is 20.9 Å². The van der Waals surface area contributed by atoms with Gasteiger partial charge in [0, 0.05) is 39.4 Å². The lowest BCUT2D eigenvalue weighted by Crippen LogP contribution is -2.75. The van der Waals surface area contributed by atoms with Crippen LogP contribution < -0.4 is 10.1 Å². The van der Waals surface area contributed by atoms with Gasteiger partial charge in [-0.15, -0.1) is 12.4 Å². The van der Waals surface area contributed by atoms with Crippen molar-refractivity contribution in [3.8, 4) is 11.5 Å². The second kappa shape index (κ2) is 13.8. The fourth-order valence-corrected chi connectivity index (χ4v) is 6.16. The number of carbonyl (C=O) groups excluding carboxylic acids is 2. The minimum absolute atomic E-state index is 0. The highest BCUT2D eigenvalue weighted by Gasteiger charge is 2.55. The van der Waals surface area contributed by atoms with Crippen molar-refractivity contribution in [3.63, 3.8) is 0 Å². The van der Waals surface area contributed by atoms with Crippen LogP contribution in [0.1, 0.15) is 51.0 Å². The molecule has 3 saturated heterocycles. The lowest BCUT2D eigenvalue weighted by Gasteiger charge is -2.52. The van der Waals surface area contributed by atoms with Gasteiger partial charge in [0.2, 0.25) is 11.8 Å². The molecule has 5 rings (SSSR count). The average Bonchev–Trinajstić information content (AvgIpc) is 2.98. The fourth-order valence-electron chi connectivity index (χ4n) is 6.16. The Balaban J connectivity index is 0.00000370. The number of nitrogens with one attached hydrogen (secondary N) is 1. The molecule has 3 fully saturated rings. The summed E-state index contributed by atoms with van der Waals surface area (Å²) in [6.45, 7) is 6.02. The third-order valence-corrected chi connectivity index (χ3v) is 8.58. The zero-order valence-corrected chi connectivity index (χ0v) is 24.1. The Bertz CT molecular complexity index is 1100. The summed E-state index contributed by atoms with van der Waals surface area (Å²) in [5, 5.41) is 14.1. The van der Waals surface area contributed by atoms with Gasteiger partial charge in [-0.2, -0.15) is 0 Å². The summed E-state index contributed by atoms with van der Waals surface area (Å²) in [7, 11) is 0. The van der Waals surface area contributed by atoms with Gasteiger partial charge >= 0.3 is 0 Å². The number of para-hydroxylation sites is 1. The van der Waals surface area contributed by atoms with Gasteiger partial charge < -0.3 is 24.8 Å². The summed E-state index contributed by atoms with van der Waals surface area (Å²) in [6.07, 6.45) is 3.46. The van der Waals surface area contributed by atoms with Crippen LogP contribution in [-0.4, -0.2) is 77.3 Å². The number of ether oxygens (including phenoxy) is 2. The summed E-state index contributed by atoms with van der Waals surface area (Å²) in [6, 6.07) is 17.0. The molecule has 2 amide bonds. The third kappa shape index (κ3) is 6.62. The number of rotatable bonds is 9. The molecule has 3 aliphatic heterocycles. The highest BCUT2D eigenvalue weighted by atomic mass is 35.5. The van der Waals surface area contributed by atoms with Crippen molar-refractivity contribution >= 4 is 24.2 Å². The van der Waals surface area contributed by atoms with Gasteiger partial charge in [-0.1, -0.05) is 43.7 Å². The zero-order valence-electron chi connectivity index (χ0n) is 23.3. The Morgan fingerprint density at radius 3 is 2.33 bits per heavy atom. The van der Waals surface area contributed by atoms with Crippen LogP contribution in [0.2, 0.25) is 0 Å². The van der Waals surface area contributed by atoms with E-state index in [1.165, 1.54) is 5.56 Å². The van der Waals surface area contributed by atoms with Gasteiger partial charge in [-0.25, -0.2) is 0 Å². The lowest BCUT2D eigenvalue weighted by molar-refractivity contribution is -0.166. The molecule has 0 radical (unpaired) electrons. The number of hydrogen-bond donors (Lipinski definition) is 2. The van der Waals surface area contributed by atoms with E-state index < -0.39 is 17.7 Å². The van der Waals surface area contributed by atoms with Crippen molar-refractivity contribution in [1.82, 2.24) is 15.1 Å². The van der Waals surface area contributed by atoms with E-state index in [0.29, 0.717) is 45.4 Å². The molecule has 2 atom stereocenters. The fraction of sp³-hybridized carbons (Fsp3) is 0.548. The van der Waals surface area contributed by atoms with E-state index in [0.717, 1.165) is 44.0 Å². The van der Waals surface area contributed by atoms with Gasteiger partial charge in [-0.05, 0) is 67.9 Å². The van der Waals surface area contributed by atoms with E-state index in [2.05, 4.69) is 29.3 Å². The minimum Gasteiger partial charge on any atom is -0.457 e. The van der Waals surface area contributed by atoms with Crippen LogP contribution in [0.3, 0.4) is 0 Å². The molecule has 8 nitrogen and oxygen atoms in total. The number of nitrogens with zero attached hydrogens (tertiary/aromatic N) is 2. The average molecular weight is 572 g/mol. The highest BCUT2D eigenvalue weighted by Crippen LogP contribution is 2.35. The monoisotopic (exact) mass is 571 g/mol. The first-order chi connectivity index (χ1) is 19.0. The van der Waals surface area contributed by atoms with E-state index >= 15 is 0 Å². The maximum Gasteiger partial charge on any atom is 0.248 e. The van der Waals surface area contributed by atoms with Crippen LogP contribution in [0.25, 0.3) is 0 Å². The second-order valence-corrected chi connectivity index (χ2v) is 11.1. The molecule has 3 aliphatic rings. The van der Waals surface area contributed by atoms with Crippen LogP contribution in [0.5, 0.6) is 11.5 Å². The molecule has 40 heavy (non-hydrogen) atoms. The molecule has 0 aromatic heterocycles. The summed E-state index contributed by atoms with van der Waals surface area (Å²) in [4.78, 5) is 31.6. The van der Waals surface area contributed by atoms with Crippen molar-refractivity contribution < 1.29 is 24.2 Å². The predicted octanol–water partition coefficient (Wildman–Crippen LogP) is 4.15. The molecule has 2 N–H and O–H groups in total. The summed E-state index contributed by atoms with van der Waals surface area (Å²) < 4.78 is 11.3. The van der Waals surface area contributed by atoms with Gasteiger partial charge in [0.05, 0.1) is 6.10 Å². The highest BCUT2D eigenvalue weighted by molar-refractivity contribution is 6.00. The maximum absolute atomic E-state index is 13.8. The van der Waals surface area contributed by atoms with Crippen molar-refractivity contribution in [1.29, 1.82) is 0 Å². The van der Waals surface area contributed by atoms with E-state index in [4.69, 9.17) is 9.47 Å². The van der Waals surface area contributed by atoms with Crippen molar-refractivity contribution in [2.75, 3.05) is 32.8 Å². The standard InChI is InChI=1S/C31H41N3O5.ClH/c1-2-3-17-34-29(36)27(28(35)24-13-20-38-21-14-24)32-30(37)31(34)15-18-33(19-16-31)22-23-9-11-26(12-10-23)39-25-7-5-4-6-8-25;/h4-12,24,27-28,35H,2-3,13-22H2,1H3,(H,32,37);1H/t27-,28-;/m1./s1. The number of piperidine rings is 1. The second-order valence-electron chi connectivity index (χ2n) is 11.1. The van der Waals surface area contributed by atoms with Crippen LogP contribution in [0.15, 0.2) is 54.6 Å². The van der Waals surface area contributed by atoms with E-state index in [1.807, 2.05) is 47.4 Å². The smallest absolute Gasteiger partial charge is 0.248 e. The van der Waals surface area contributed by atoms with E-state index in [9.17, 15) is 14.7 Å². The topological polar surface area (TPSA) is 91.3 Å². The van der Waals surface area contributed by atoms with E-state index in [-0.39, 0.29) is 30.1 Å². The molecule has 218 valence electrons. The van der Waals surface area contributed by atoms with Crippen molar-refractivity contribution in [2.24, 2.45) is 5.92 Å². The number of piperazine rings is 1. The number of carbonyl (C=O) groups is 2. The van der Waals surface area contributed by atoms with Gasteiger partial charge in [0.25, 0.3) is 0 Å². The van der Waals surface area contributed by atoms with Crippen molar-refractivity contribution in [3.05, 3.63) is 60.2 Å². The first-order valence-corrected chi connectivity index (χ1v) is 14.4. The predicted molar refractivity (Wildman–Crippen MR) is 156 cm³/mol. The van der Waals surface area contributed by atoms with E-state index in [1.54, 1.807) is 0 Å². The minimum atomic E-state index is -0.888. The third-order valence-electron chi connectivity index (χ3n) is 8.58. The summed E-state index contributed by atoms with van der Waals surface area (Å²) in [5.74, 6) is 1.31. The number of amides is 2. The summed E-state index contributed by atoms with van der Waals surface area (Å²) in [5.41, 5.74) is 0.334. The molecular formula is C31H42ClN3O5. The Labute approximate surface area is 243 Å². The van der Waals surface area contributed by atoms with Crippen LogP contribution in [0, 0.1) is 5.92 Å². The number of hydrogen-bond acceptors (Lipinski definition) is 6. The number of halogens is 1. The molecular weight excluding hydrogens is 530 g/mol. The van der Waals surface area contributed by atoms with Crippen molar-refractivity contribution in [2.45, 2.75) is 69.7 Å². The van der Waals surface area contributed by atoms with Gasteiger partial charge in [-0.3, -0.25) is 14.5 Å². The van der Waals surface area contributed by atoms with Gasteiger partial charge in [0.15, 0.2) is 0 Å². The Hall–Kier alpha value is -2.65. The molecule has 0 saturated carbocycles. The lowest BCUT2D eigenvalue weighted by atomic mass is 9.79. The Kier molecular flexibility index (Phi) is 10.5. The molecule has 0 bridgehead atoms. The number of unbranched alkanes of at least 4 members (excludes halogenated alkanes) is 1. The Morgan fingerprint density at radius 2 is 1.68 bits per heavy atom. The number of benzene rings is 2. The molecule has 9 heteroatoms. The first kappa shape index (κ1) is 30.3. The molecule has 3 heterocycles. The molecule has 0 unspecified atom stereocenters. The van der Waals surface area contributed by atoms with Gasteiger partial charge in [0.1, 0.15) is 23.1 Å². The summed E-state index contributed by atoms with van der Waals surface area (Å²) >= 11 is 0. The first-order valence-electron chi connectivity index (χ1n) is 14.4. The quantitative estimate of drug-likeness (QED) is 0.470.